The summed E-state index contributed by atoms with van der Waals surface area (Å²) in [5.74, 6) is 0.413. The largest absolute Gasteiger partial charge is 0.487 e. The summed E-state index contributed by atoms with van der Waals surface area (Å²) in [5, 5.41) is 22.7. The van der Waals surface area contributed by atoms with Crippen LogP contribution in [0.3, 0.4) is 0 Å². The van der Waals surface area contributed by atoms with Gasteiger partial charge in [-0.25, -0.2) is 0 Å². The number of nitrogens with zero attached hydrogens (tertiary/aromatic N) is 2. The van der Waals surface area contributed by atoms with Crippen molar-refractivity contribution in [1.29, 1.82) is 0 Å². The van der Waals surface area contributed by atoms with Crippen LogP contribution in [0.25, 0.3) is 0 Å². The van der Waals surface area contributed by atoms with Gasteiger partial charge >= 0.3 is 5.69 Å². The number of nitrogens with two attached hydrogens (primary N) is 1. The molecule has 0 saturated heterocycles. The lowest BCUT2D eigenvalue weighted by Crippen LogP contribution is -2.32. The third-order valence-electron chi connectivity index (χ3n) is 3.32. The van der Waals surface area contributed by atoms with E-state index in [1.54, 1.807) is 19.1 Å². The molecular formula is C14H21N3O4. The monoisotopic (exact) mass is 295 g/mol. The molecule has 0 bridgehead atoms. The molecule has 0 aliphatic heterocycles. The van der Waals surface area contributed by atoms with Crippen molar-refractivity contribution in [3.63, 3.8) is 0 Å². The third-order valence-corrected chi connectivity index (χ3v) is 3.32. The predicted molar refractivity (Wildman–Crippen MR) is 79.8 cm³/mol. The van der Waals surface area contributed by atoms with E-state index in [-0.39, 0.29) is 17.3 Å². The molecule has 116 valence electrons. The summed E-state index contributed by atoms with van der Waals surface area (Å²) in [6.07, 6.45) is 1.27. The number of rotatable bonds is 7. The number of ether oxygens (including phenoxy) is 1. The molecule has 0 aliphatic rings. The second-order valence-corrected chi connectivity index (χ2v) is 5.55. The van der Waals surface area contributed by atoms with Crippen LogP contribution in [0.1, 0.15) is 32.3 Å². The maximum Gasteiger partial charge on any atom is 0.311 e. The van der Waals surface area contributed by atoms with Gasteiger partial charge < -0.3 is 15.7 Å². The van der Waals surface area contributed by atoms with Gasteiger partial charge in [0.1, 0.15) is 5.84 Å². The molecule has 1 aromatic rings. The summed E-state index contributed by atoms with van der Waals surface area (Å²) < 4.78 is 5.48. The van der Waals surface area contributed by atoms with Gasteiger partial charge in [0.25, 0.3) is 0 Å². The number of nitro groups is 1. The van der Waals surface area contributed by atoms with Gasteiger partial charge in [0.05, 0.1) is 11.5 Å². The van der Waals surface area contributed by atoms with Crippen molar-refractivity contribution < 1.29 is 14.9 Å². The molecule has 0 atom stereocenters. The van der Waals surface area contributed by atoms with E-state index in [1.807, 2.05) is 13.8 Å². The summed E-state index contributed by atoms with van der Waals surface area (Å²) in [5.41, 5.74) is 5.92. The first-order valence-electron chi connectivity index (χ1n) is 6.64. The first-order valence-corrected chi connectivity index (χ1v) is 6.64. The fourth-order valence-electron chi connectivity index (χ4n) is 1.85. The molecule has 0 amide bonds. The highest BCUT2D eigenvalue weighted by Crippen LogP contribution is 2.28. The lowest BCUT2D eigenvalue weighted by molar-refractivity contribution is -0.385. The highest BCUT2D eigenvalue weighted by atomic mass is 16.6. The normalized spacial score (nSPS) is 12.2. The van der Waals surface area contributed by atoms with Gasteiger partial charge in [-0.1, -0.05) is 25.1 Å². The quantitative estimate of drug-likeness (QED) is 0.201. The van der Waals surface area contributed by atoms with Crippen LogP contribution in [0, 0.1) is 22.5 Å². The molecule has 7 heteroatoms. The van der Waals surface area contributed by atoms with E-state index >= 15 is 0 Å². The Morgan fingerprint density at radius 3 is 2.76 bits per heavy atom. The maximum atomic E-state index is 11.0. The van der Waals surface area contributed by atoms with Crippen LogP contribution < -0.4 is 10.5 Å². The molecule has 0 aromatic heterocycles. The highest BCUT2D eigenvalue weighted by Gasteiger charge is 2.23. The van der Waals surface area contributed by atoms with Crippen LogP contribution in [-0.4, -0.2) is 22.6 Å². The van der Waals surface area contributed by atoms with E-state index in [2.05, 4.69) is 5.16 Å². The minimum absolute atomic E-state index is 0.0364. The van der Waals surface area contributed by atoms with E-state index in [9.17, 15) is 10.1 Å². The summed E-state index contributed by atoms with van der Waals surface area (Å²) >= 11 is 0. The molecule has 21 heavy (non-hydrogen) atoms. The Balaban J connectivity index is 2.60. The van der Waals surface area contributed by atoms with Gasteiger partial charge in [-0.15, -0.1) is 0 Å². The number of oxime groups is 1. The Labute approximate surface area is 123 Å². The molecule has 0 unspecified atom stereocenters. The van der Waals surface area contributed by atoms with Gasteiger partial charge in [0, 0.05) is 11.5 Å². The molecule has 1 aromatic carbocycles. The highest BCUT2D eigenvalue weighted by molar-refractivity contribution is 5.85. The first kappa shape index (κ1) is 16.7. The maximum absolute atomic E-state index is 11.0. The molecule has 0 radical (unpaired) electrons. The molecule has 1 rings (SSSR count). The van der Waals surface area contributed by atoms with Crippen molar-refractivity contribution in [1.82, 2.24) is 0 Å². The van der Waals surface area contributed by atoms with Crippen molar-refractivity contribution in [2.24, 2.45) is 16.3 Å². The summed E-state index contributed by atoms with van der Waals surface area (Å²) in [6.45, 7) is 5.83. The average molecular weight is 295 g/mol. The van der Waals surface area contributed by atoms with Crippen LogP contribution >= 0.6 is 0 Å². The Hall–Kier alpha value is -2.31. The number of hydrogen-bond donors (Lipinski definition) is 2. The summed E-state index contributed by atoms with van der Waals surface area (Å²) in [7, 11) is 0. The first-order chi connectivity index (χ1) is 9.77. The van der Waals surface area contributed by atoms with Crippen molar-refractivity contribution >= 4 is 11.5 Å². The standard InChI is InChI=1S/C14H21N3O4/c1-10-5-6-12(11(9-10)17(19)20)21-8-4-7-14(2,3)13(15)16-18/h5-6,9,18H,4,7-8H2,1-3H3,(H2,15,16). The smallest absolute Gasteiger partial charge is 0.311 e. The minimum atomic E-state index is -0.456. The number of benzene rings is 1. The van der Waals surface area contributed by atoms with E-state index in [0.717, 1.165) is 5.56 Å². The van der Waals surface area contributed by atoms with E-state index < -0.39 is 10.3 Å². The zero-order valence-electron chi connectivity index (χ0n) is 12.5. The fourth-order valence-corrected chi connectivity index (χ4v) is 1.85. The SMILES string of the molecule is Cc1ccc(OCCCC(C)(C)C(N)=NO)c([N+](=O)[O-])c1. The fraction of sp³-hybridized carbons (Fsp3) is 0.500. The van der Waals surface area contributed by atoms with Crippen LogP contribution in [0.5, 0.6) is 5.75 Å². The van der Waals surface area contributed by atoms with Gasteiger partial charge in [-0.2, -0.15) is 0 Å². The Kier molecular flexibility index (Phi) is 5.52. The zero-order valence-corrected chi connectivity index (χ0v) is 12.5. The number of hydrogen-bond acceptors (Lipinski definition) is 5. The van der Waals surface area contributed by atoms with Crippen LogP contribution in [0.2, 0.25) is 0 Å². The molecule has 3 N–H and O–H groups in total. The predicted octanol–water partition coefficient (Wildman–Crippen LogP) is 2.83. The van der Waals surface area contributed by atoms with E-state index in [1.165, 1.54) is 6.07 Å². The molecule has 0 spiro atoms. The number of amidine groups is 1. The Morgan fingerprint density at radius 2 is 2.19 bits per heavy atom. The van der Waals surface area contributed by atoms with Gasteiger partial charge in [-0.3, -0.25) is 10.1 Å². The van der Waals surface area contributed by atoms with Crippen LogP contribution in [0.4, 0.5) is 5.69 Å². The molecule has 7 nitrogen and oxygen atoms in total. The van der Waals surface area contributed by atoms with E-state index in [4.69, 9.17) is 15.7 Å². The lowest BCUT2D eigenvalue weighted by Gasteiger charge is -2.22. The second-order valence-electron chi connectivity index (χ2n) is 5.55. The minimum Gasteiger partial charge on any atom is -0.487 e. The Bertz CT molecular complexity index is 541. The van der Waals surface area contributed by atoms with Crippen molar-refractivity contribution in [2.75, 3.05) is 6.61 Å². The number of aryl methyl sites for hydroxylation is 1. The molecule has 0 fully saturated rings. The van der Waals surface area contributed by atoms with Gasteiger partial charge in [0.2, 0.25) is 0 Å². The average Bonchev–Trinajstić information content (AvgIpc) is 2.43. The molecule has 0 aliphatic carbocycles. The second kappa shape index (κ2) is 6.92. The van der Waals surface area contributed by atoms with Crippen LogP contribution in [-0.2, 0) is 0 Å². The molecular weight excluding hydrogens is 274 g/mol. The molecule has 0 heterocycles. The zero-order chi connectivity index (χ0) is 16.0. The van der Waals surface area contributed by atoms with Crippen molar-refractivity contribution in [3.8, 4) is 5.75 Å². The summed E-state index contributed by atoms with van der Waals surface area (Å²) in [4.78, 5) is 10.5. The summed E-state index contributed by atoms with van der Waals surface area (Å²) in [6, 6.07) is 4.85. The molecule has 0 saturated carbocycles. The van der Waals surface area contributed by atoms with E-state index in [0.29, 0.717) is 19.4 Å². The number of nitro benzene ring substituents is 1. The third kappa shape index (κ3) is 4.62. The lowest BCUT2D eigenvalue weighted by atomic mass is 9.87. The Morgan fingerprint density at radius 1 is 1.52 bits per heavy atom. The van der Waals surface area contributed by atoms with Crippen molar-refractivity contribution in [2.45, 2.75) is 33.6 Å². The van der Waals surface area contributed by atoms with Crippen molar-refractivity contribution in [3.05, 3.63) is 33.9 Å². The van der Waals surface area contributed by atoms with Gasteiger partial charge in [-0.05, 0) is 31.4 Å². The van der Waals surface area contributed by atoms with Gasteiger partial charge in [0.15, 0.2) is 5.75 Å². The van der Waals surface area contributed by atoms with Crippen LogP contribution in [0.15, 0.2) is 23.4 Å². The topological polar surface area (TPSA) is 111 Å².